The van der Waals surface area contributed by atoms with E-state index >= 15 is 0 Å². The SMILES string of the molecule is CN=C(NC#N)NCCCOc1nccc(NC(N)=NCC(F)(F)F)n1. The lowest BCUT2D eigenvalue weighted by molar-refractivity contribution is -0.118. The molecule has 0 atom stereocenters. The number of hydrogen-bond donors (Lipinski definition) is 4. The third-order valence-corrected chi connectivity index (χ3v) is 2.56. The standard InChI is InChI=1S/C13H18F3N9O/c1-19-11(23-8-17)20-4-2-6-26-12-21-5-3-9(25-12)24-10(18)22-7-13(14,15)16/h3,5H,2,4,6-7H2,1H3,(H2,19,20,23)(H3,18,21,22,24,25). The largest absolute Gasteiger partial charge is 0.463 e. The highest BCUT2D eigenvalue weighted by molar-refractivity contribution is 5.91. The summed E-state index contributed by atoms with van der Waals surface area (Å²) in [5.74, 6) is 0.0614. The first-order valence-electron chi connectivity index (χ1n) is 7.29. The van der Waals surface area contributed by atoms with Crippen molar-refractivity contribution >= 4 is 17.7 Å². The Hall–Kier alpha value is -3.30. The van der Waals surface area contributed by atoms with E-state index in [4.69, 9.17) is 15.7 Å². The fourth-order valence-electron chi connectivity index (χ4n) is 1.50. The summed E-state index contributed by atoms with van der Waals surface area (Å²) < 4.78 is 41.5. The Labute approximate surface area is 147 Å². The first-order valence-corrected chi connectivity index (χ1v) is 7.29. The van der Waals surface area contributed by atoms with Gasteiger partial charge in [0.2, 0.25) is 5.96 Å². The van der Waals surface area contributed by atoms with Crippen LogP contribution in [0.1, 0.15) is 6.42 Å². The third-order valence-electron chi connectivity index (χ3n) is 2.56. The van der Waals surface area contributed by atoms with Crippen LogP contribution in [0.15, 0.2) is 22.2 Å². The van der Waals surface area contributed by atoms with E-state index in [1.165, 1.54) is 19.3 Å². The lowest BCUT2D eigenvalue weighted by Crippen LogP contribution is -2.35. The van der Waals surface area contributed by atoms with Gasteiger partial charge in [0.05, 0.1) is 6.61 Å². The molecule has 1 aromatic heterocycles. The van der Waals surface area contributed by atoms with Crippen molar-refractivity contribution in [2.45, 2.75) is 12.6 Å². The number of nitriles is 1. The zero-order valence-electron chi connectivity index (χ0n) is 13.8. The fraction of sp³-hybridized carbons (Fsp3) is 0.462. The highest BCUT2D eigenvalue weighted by Gasteiger charge is 2.26. The van der Waals surface area contributed by atoms with Gasteiger partial charge < -0.3 is 21.1 Å². The van der Waals surface area contributed by atoms with Crippen LogP contribution < -0.4 is 26.4 Å². The van der Waals surface area contributed by atoms with E-state index in [0.717, 1.165) is 0 Å². The third kappa shape index (κ3) is 9.11. The molecule has 0 spiro atoms. The number of nitrogens with two attached hydrogens (primary N) is 1. The summed E-state index contributed by atoms with van der Waals surface area (Å²) in [6.07, 6.45) is -0.781. The second-order valence-corrected chi connectivity index (χ2v) is 4.60. The summed E-state index contributed by atoms with van der Waals surface area (Å²) in [4.78, 5) is 14.8. The van der Waals surface area contributed by atoms with Crippen molar-refractivity contribution in [1.29, 1.82) is 5.26 Å². The topological polar surface area (TPSA) is 146 Å². The van der Waals surface area contributed by atoms with Crippen molar-refractivity contribution in [2.75, 3.05) is 32.1 Å². The first kappa shape index (κ1) is 20.7. The van der Waals surface area contributed by atoms with Gasteiger partial charge in [0.1, 0.15) is 12.4 Å². The molecule has 1 aromatic rings. The molecule has 0 aliphatic rings. The molecular weight excluding hydrogens is 355 g/mol. The van der Waals surface area contributed by atoms with Crippen molar-refractivity contribution in [3.05, 3.63) is 12.3 Å². The Morgan fingerprint density at radius 1 is 1.46 bits per heavy atom. The number of ether oxygens (including phenoxy) is 1. The van der Waals surface area contributed by atoms with Crippen LogP contribution in [0.4, 0.5) is 19.0 Å². The Bertz CT molecular complexity index is 670. The van der Waals surface area contributed by atoms with Gasteiger partial charge in [-0.15, -0.1) is 0 Å². The van der Waals surface area contributed by atoms with Crippen LogP contribution in [0.2, 0.25) is 0 Å². The van der Waals surface area contributed by atoms with Gasteiger partial charge in [-0.05, 0) is 12.5 Å². The molecule has 0 unspecified atom stereocenters. The molecule has 142 valence electrons. The zero-order valence-corrected chi connectivity index (χ0v) is 13.8. The van der Waals surface area contributed by atoms with E-state index in [-0.39, 0.29) is 18.4 Å². The van der Waals surface area contributed by atoms with Crippen molar-refractivity contribution in [3.63, 3.8) is 0 Å². The number of nitrogens with one attached hydrogen (secondary N) is 3. The molecule has 13 heteroatoms. The maximum absolute atomic E-state index is 12.1. The fourth-order valence-corrected chi connectivity index (χ4v) is 1.50. The lowest BCUT2D eigenvalue weighted by atomic mass is 10.4. The number of guanidine groups is 2. The average molecular weight is 373 g/mol. The monoisotopic (exact) mass is 373 g/mol. The summed E-state index contributed by atoms with van der Waals surface area (Å²) in [7, 11) is 1.53. The maximum atomic E-state index is 12.1. The number of aliphatic imine (C=N–C) groups is 2. The summed E-state index contributed by atoms with van der Waals surface area (Å²) in [6, 6.07) is 1.43. The van der Waals surface area contributed by atoms with Gasteiger partial charge in [-0.2, -0.15) is 23.4 Å². The number of aromatic nitrogens is 2. The zero-order chi connectivity index (χ0) is 19.4. The quantitative estimate of drug-likeness (QED) is 0.174. The highest BCUT2D eigenvalue weighted by Crippen LogP contribution is 2.14. The molecule has 1 heterocycles. The van der Waals surface area contributed by atoms with Crippen molar-refractivity contribution in [3.8, 4) is 12.2 Å². The molecule has 5 N–H and O–H groups in total. The van der Waals surface area contributed by atoms with Gasteiger partial charge in [-0.1, -0.05) is 0 Å². The summed E-state index contributed by atoms with van der Waals surface area (Å²) >= 11 is 0. The minimum atomic E-state index is -4.44. The molecule has 1 rings (SSSR count). The molecule has 0 radical (unpaired) electrons. The summed E-state index contributed by atoms with van der Waals surface area (Å²) in [6.45, 7) is -0.648. The van der Waals surface area contributed by atoms with E-state index in [1.807, 2.05) is 0 Å². The van der Waals surface area contributed by atoms with Crippen molar-refractivity contribution in [1.82, 2.24) is 20.6 Å². The van der Waals surface area contributed by atoms with Crippen LogP contribution in [-0.2, 0) is 0 Å². The molecule has 26 heavy (non-hydrogen) atoms. The van der Waals surface area contributed by atoms with E-state index < -0.39 is 18.7 Å². The molecule has 0 saturated heterocycles. The van der Waals surface area contributed by atoms with Crippen LogP contribution in [0.5, 0.6) is 6.01 Å². The number of rotatable bonds is 7. The van der Waals surface area contributed by atoms with Crippen LogP contribution in [0.25, 0.3) is 0 Å². The number of halogens is 3. The maximum Gasteiger partial charge on any atom is 0.408 e. The predicted molar refractivity (Wildman–Crippen MR) is 88.4 cm³/mol. The lowest BCUT2D eigenvalue weighted by Gasteiger charge is -2.09. The predicted octanol–water partition coefficient (Wildman–Crippen LogP) is 0.180. The Morgan fingerprint density at radius 3 is 2.88 bits per heavy atom. The van der Waals surface area contributed by atoms with Gasteiger partial charge in [0.15, 0.2) is 12.2 Å². The molecule has 0 aromatic carbocycles. The molecule has 0 amide bonds. The molecule has 0 bridgehead atoms. The van der Waals surface area contributed by atoms with Crippen molar-refractivity contribution in [2.24, 2.45) is 15.7 Å². The Kier molecular flexibility index (Phi) is 8.41. The van der Waals surface area contributed by atoms with Crippen LogP contribution in [0, 0.1) is 11.5 Å². The van der Waals surface area contributed by atoms with E-state index in [9.17, 15) is 13.2 Å². The molecule has 0 aliphatic heterocycles. The highest BCUT2D eigenvalue weighted by atomic mass is 19.4. The van der Waals surface area contributed by atoms with E-state index in [1.54, 1.807) is 6.19 Å². The van der Waals surface area contributed by atoms with Gasteiger partial charge in [0.25, 0.3) is 0 Å². The average Bonchev–Trinajstić information content (AvgIpc) is 2.58. The first-order chi connectivity index (χ1) is 12.3. The molecule has 0 aliphatic carbocycles. The van der Waals surface area contributed by atoms with Gasteiger partial charge in [-0.3, -0.25) is 10.3 Å². The van der Waals surface area contributed by atoms with Gasteiger partial charge in [0, 0.05) is 19.8 Å². The number of anilines is 1. The number of nitrogens with zero attached hydrogens (tertiary/aromatic N) is 5. The van der Waals surface area contributed by atoms with Crippen LogP contribution in [-0.4, -0.2) is 54.8 Å². The minimum absolute atomic E-state index is 0.0261. The number of hydrogen-bond acceptors (Lipinski definition) is 6. The minimum Gasteiger partial charge on any atom is -0.463 e. The second-order valence-electron chi connectivity index (χ2n) is 4.60. The Morgan fingerprint density at radius 2 is 2.23 bits per heavy atom. The van der Waals surface area contributed by atoms with Crippen LogP contribution >= 0.6 is 0 Å². The van der Waals surface area contributed by atoms with Gasteiger partial charge in [-0.25, -0.2) is 9.98 Å². The summed E-state index contributed by atoms with van der Waals surface area (Å²) in [5.41, 5.74) is 5.36. The van der Waals surface area contributed by atoms with Gasteiger partial charge >= 0.3 is 12.2 Å². The van der Waals surface area contributed by atoms with E-state index in [0.29, 0.717) is 18.9 Å². The van der Waals surface area contributed by atoms with Crippen LogP contribution in [0.3, 0.4) is 0 Å². The summed E-state index contributed by atoms with van der Waals surface area (Å²) in [5, 5.41) is 16.1. The smallest absolute Gasteiger partial charge is 0.408 e. The number of alkyl halides is 3. The van der Waals surface area contributed by atoms with E-state index in [2.05, 4.69) is 35.9 Å². The normalized spacial score (nSPS) is 12.3. The Balaban J connectivity index is 2.41. The van der Waals surface area contributed by atoms with Crippen molar-refractivity contribution < 1.29 is 17.9 Å². The molecule has 10 nitrogen and oxygen atoms in total. The molecule has 0 saturated carbocycles. The molecule has 0 fully saturated rings. The second kappa shape index (κ2) is 10.5. The molecular formula is C13H18F3N9O.